The molecule has 0 radical (unpaired) electrons. The first kappa shape index (κ1) is 18.6. The molecule has 1 aromatic carbocycles. The van der Waals surface area contributed by atoms with Crippen LogP contribution in [0.2, 0.25) is 0 Å². The van der Waals surface area contributed by atoms with Crippen LogP contribution in [0, 0.1) is 0 Å². The molecule has 8 nitrogen and oxygen atoms in total. The van der Waals surface area contributed by atoms with E-state index in [1.54, 1.807) is 35.1 Å². The van der Waals surface area contributed by atoms with Gasteiger partial charge < -0.3 is 9.73 Å². The van der Waals surface area contributed by atoms with Crippen molar-refractivity contribution in [2.75, 3.05) is 16.8 Å². The van der Waals surface area contributed by atoms with Gasteiger partial charge in [0, 0.05) is 17.6 Å². The van der Waals surface area contributed by atoms with Crippen LogP contribution in [0.4, 0.5) is 5.69 Å². The number of carbonyl (C=O) groups is 1. The third kappa shape index (κ3) is 3.37. The fourth-order valence-electron chi connectivity index (χ4n) is 3.76. The molecule has 3 aromatic heterocycles. The number of furan rings is 1. The summed E-state index contributed by atoms with van der Waals surface area (Å²) in [7, 11) is -3.11. The fraction of sp³-hybridized carbons (Fsp3) is 0.190. The summed E-state index contributed by atoms with van der Waals surface area (Å²) in [4.78, 5) is 17.3. The minimum Gasteiger partial charge on any atom is -0.463 e. The van der Waals surface area contributed by atoms with E-state index < -0.39 is 15.7 Å². The van der Waals surface area contributed by atoms with E-state index in [0.29, 0.717) is 23.6 Å². The Kier molecular flexibility index (Phi) is 4.39. The number of benzene rings is 1. The zero-order valence-electron chi connectivity index (χ0n) is 15.9. The number of pyridine rings is 1. The van der Waals surface area contributed by atoms with Gasteiger partial charge in [0.05, 0.1) is 35.0 Å². The molecular weight excluding hydrogens is 404 g/mol. The summed E-state index contributed by atoms with van der Waals surface area (Å²) < 4.78 is 31.0. The van der Waals surface area contributed by atoms with Gasteiger partial charge in [-0.2, -0.15) is 5.10 Å². The number of sulfone groups is 1. The van der Waals surface area contributed by atoms with E-state index >= 15 is 0 Å². The SMILES string of the molecule is O=C(Nc1cccc2ncccc12)c1cc(-c2ccco2)n(C2CCS(=O)(=O)C2)n1. The van der Waals surface area contributed by atoms with Crippen LogP contribution in [0.3, 0.4) is 0 Å². The standard InChI is InChI=1S/C21H18N4O4S/c26-21(23-17-6-1-5-16-15(17)4-2-9-22-16)18-12-19(20-7-3-10-29-20)25(24-18)14-8-11-30(27,28)13-14/h1-7,9-10,12,14H,8,11,13H2,(H,23,26). The molecule has 5 rings (SSSR count). The monoisotopic (exact) mass is 422 g/mol. The number of anilines is 1. The molecule has 4 heterocycles. The lowest BCUT2D eigenvalue weighted by Gasteiger charge is -2.11. The number of amides is 1. The Morgan fingerprint density at radius 2 is 2.07 bits per heavy atom. The lowest BCUT2D eigenvalue weighted by atomic mass is 10.2. The molecule has 1 atom stereocenters. The van der Waals surface area contributed by atoms with Crippen LogP contribution < -0.4 is 5.32 Å². The van der Waals surface area contributed by atoms with Gasteiger partial charge in [-0.25, -0.2) is 8.42 Å². The van der Waals surface area contributed by atoms with Crippen molar-refractivity contribution in [3.05, 3.63) is 66.7 Å². The predicted molar refractivity (Wildman–Crippen MR) is 112 cm³/mol. The number of hydrogen-bond acceptors (Lipinski definition) is 6. The van der Waals surface area contributed by atoms with Gasteiger partial charge in [-0.3, -0.25) is 14.5 Å². The minimum absolute atomic E-state index is 0.00155. The molecule has 1 N–H and O–H groups in total. The number of fused-ring (bicyclic) bond motifs is 1. The number of hydrogen-bond donors (Lipinski definition) is 1. The van der Waals surface area contributed by atoms with Crippen LogP contribution in [-0.4, -0.2) is 40.6 Å². The molecule has 1 aliphatic rings. The second kappa shape index (κ2) is 7.10. The van der Waals surface area contributed by atoms with Crippen molar-refractivity contribution < 1.29 is 17.6 Å². The molecule has 30 heavy (non-hydrogen) atoms. The third-order valence-electron chi connectivity index (χ3n) is 5.19. The molecule has 1 saturated heterocycles. The highest BCUT2D eigenvalue weighted by Gasteiger charge is 2.32. The first-order valence-corrected chi connectivity index (χ1v) is 11.3. The van der Waals surface area contributed by atoms with Crippen molar-refractivity contribution in [2.45, 2.75) is 12.5 Å². The van der Waals surface area contributed by atoms with Crippen molar-refractivity contribution in [2.24, 2.45) is 0 Å². The van der Waals surface area contributed by atoms with E-state index in [0.717, 1.165) is 10.9 Å². The van der Waals surface area contributed by atoms with E-state index in [4.69, 9.17) is 4.42 Å². The van der Waals surface area contributed by atoms with Crippen molar-refractivity contribution in [3.63, 3.8) is 0 Å². The number of nitrogens with zero attached hydrogens (tertiary/aromatic N) is 3. The summed E-state index contributed by atoms with van der Waals surface area (Å²) in [5, 5.41) is 8.17. The zero-order valence-corrected chi connectivity index (χ0v) is 16.7. The fourth-order valence-corrected chi connectivity index (χ4v) is 5.45. The summed E-state index contributed by atoms with van der Waals surface area (Å²) in [6.07, 6.45) is 3.68. The Balaban J connectivity index is 1.51. The molecule has 1 unspecified atom stereocenters. The van der Waals surface area contributed by atoms with Crippen LogP contribution >= 0.6 is 0 Å². The summed E-state index contributed by atoms with van der Waals surface area (Å²) in [6.45, 7) is 0. The van der Waals surface area contributed by atoms with Gasteiger partial charge in [0.25, 0.3) is 5.91 Å². The Labute approximate surface area is 172 Å². The van der Waals surface area contributed by atoms with E-state index in [1.165, 1.54) is 6.26 Å². The lowest BCUT2D eigenvalue weighted by Crippen LogP contribution is -2.16. The van der Waals surface area contributed by atoms with Gasteiger partial charge in [-0.05, 0) is 42.8 Å². The summed E-state index contributed by atoms with van der Waals surface area (Å²) in [5.74, 6) is 0.247. The Bertz CT molecular complexity index is 1340. The maximum atomic E-state index is 13.0. The quantitative estimate of drug-likeness (QED) is 0.541. The largest absolute Gasteiger partial charge is 0.463 e. The van der Waals surface area contributed by atoms with Gasteiger partial charge >= 0.3 is 0 Å². The van der Waals surface area contributed by atoms with Crippen molar-refractivity contribution in [1.29, 1.82) is 0 Å². The second-order valence-corrected chi connectivity index (χ2v) is 9.45. The average molecular weight is 422 g/mol. The average Bonchev–Trinajstić information content (AvgIpc) is 3.47. The highest BCUT2D eigenvalue weighted by atomic mass is 32.2. The molecule has 1 amide bonds. The molecule has 0 bridgehead atoms. The number of rotatable bonds is 4. The van der Waals surface area contributed by atoms with Gasteiger partial charge in [0.15, 0.2) is 21.3 Å². The number of carbonyl (C=O) groups excluding carboxylic acids is 1. The summed E-state index contributed by atoms with van der Waals surface area (Å²) >= 11 is 0. The van der Waals surface area contributed by atoms with Crippen LogP contribution in [0.1, 0.15) is 23.0 Å². The molecule has 0 saturated carbocycles. The molecular formula is C21H18N4O4S. The van der Waals surface area contributed by atoms with Gasteiger partial charge in [0.1, 0.15) is 5.69 Å². The highest BCUT2D eigenvalue weighted by molar-refractivity contribution is 7.91. The highest BCUT2D eigenvalue weighted by Crippen LogP contribution is 2.31. The van der Waals surface area contributed by atoms with Crippen LogP contribution in [0.5, 0.6) is 0 Å². The number of nitrogens with one attached hydrogen (secondary N) is 1. The molecule has 1 aliphatic heterocycles. The van der Waals surface area contributed by atoms with Crippen LogP contribution in [0.25, 0.3) is 22.4 Å². The maximum absolute atomic E-state index is 13.0. The first-order chi connectivity index (χ1) is 14.5. The first-order valence-electron chi connectivity index (χ1n) is 9.49. The zero-order chi connectivity index (χ0) is 20.7. The lowest BCUT2D eigenvalue weighted by molar-refractivity contribution is 0.102. The van der Waals surface area contributed by atoms with Crippen LogP contribution in [-0.2, 0) is 9.84 Å². The van der Waals surface area contributed by atoms with Gasteiger partial charge in [-0.15, -0.1) is 0 Å². The van der Waals surface area contributed by atoms with E-state index in [-0.39, 0.29) is 23.2 Å². The van der Waals surface area contributed by atoms with E-state index in [2.05, 4.69) is 15.4 Å². The van der Waals surface area contributed by atoms with E-state index in [9.17, 15) is 13.2 Å². The second-order valence-electron chi connectivity index (χ2n) is 7.22. The molecule has 1 fully saturated rings. The smallest absolute Gasteiger partial charge is 0.276 e. The predicted octanol–water partition coefficient (Wildman–Crippen LogP) is 3.30. The van der Waals surface area contributed by atoms with Crippen molar-refractivity contribution in [1.82, 2.24) is 14.8 Å². The normalized spacial score (nSPS) is 17.9. The van der Waals surface area contributed by atoms with Crippen LogP contribution in [0.15, 0.2) is 65.4 Å². The molecule has 9 heteroatoms. The summed E-state index contributed by atoms with van der Waals surface area (Å²) in [6, 6.07) is 14.0. The van der Waals surface area contributed by atoms with Crippen molar-refractivity contribution >= 4 is 32.3 Å². The maximum Gasteiger partial charge on any atom is 0.276 e. The summed E-state index contributed by atoms with van der Waals surface area (Å²) in [5.41, 5.74) is 2.16. The Morgan fingerprint density at radius 3 is 2.83 bits per heavy atom. The molecule has 0 spiro atoms. The van der Waals surface area contributed by atoms with Gasteiger partial charge in [-0.1, -0.05) is 6.07 Å². The molecule has 152 valence electrons. The van der Waals surface area contributed by atoms with E-state index in [1.807, 2.05) is 24.3 Å². The molecule has 4 aromatic rings. The Hall–Kier alpha value is -3.46. The van der Waals surface area contributed by atoms with Crippen molar-refractivity contribution in [3.8, 4) is 11.5 Å². The topological polar surface area (TPSA) is 107 Å². The molecule has 0 aliphatic carbocycles. The number of aromatic nitrogens is 3. The third-order valence-corrected chi connectivity index (χ3v) is 6.94. The minimum atomic E-state index is -3.11. The van der Waals surface area contributed by atoms with Gasteiger partial charge in [0.2, 0.25) is 0 Å². The Morgan fingerprint density at radius 1 is 1.17 bits per heavy atom.